The van der Waals surface area contributed by atoms with Gasteiger partial charge < -0.3 is 20.3 Å². The number of anilines is 3. The normalized spacial score (nSPS) is 11.5. The van der Waals surface area contributed by atoms with Crippen molar-refractivity contribution < 1.29 is 19.1 Å². The number of benzene rings is 3. The second kappa shape index (κ2) is 12.0. The molecule has 3 aromatic carbocycles. The van der Waals surface area contributed by atoms with Gasteiger partial charge in [0.15, 0.2) is 6.61 Å². The minimum Gasteiger partial charge on any atom is -0.454 e. The van der Waals surface area contributed by atoms with Gasteiger partial charge in [-0.1, -0.05) is 41.9 Å². The molecule has 0 radical (unpaired) electrons. The average molecular weight is 494 g/mol. The highest BCUT2D eigenvalue weighted by atomic mass is 35.5. The molecule has 0 heterocycles. The number of carbonyl (C=O) groups excluding carboxylic acids is 3. The first-order valence-corrected chi connectivity index (χ1v) is 11.6. The molecule has 0 aliphatic carbocycles. The van der Waals surface area contributed by atoms with Crippen LogP contribution in [0.3, 0.4) is 0 Å². The smallest absolute Gasteiger partial charge is 0.328 e. The third kappa shape index (κ3) is 7.07. The maximum absolute atomic E-state index is 12.9. The molecule has 35 heavy (non-hydrogen) atoms. The molecule has 2 amide bonds. The Morgan fingerprint density at radius 1 is 0.857 bits per heavy atom. The van der Waals surface area contributed by atoms with Crippen LogP contribution in [0.25, 0.3) is 0 Å². The number of nitrogens with zero attached hydrogens (tertiary/aromatic N) is 1. The van der Waals surface area contributed by atoms with E-state index >= 15 is 0 Å². The molecule has 0 saturated heterocycles. The summed E-state index contributed by atoms with van der Waals surface area (Å²) in [5, 5.41) is 6.11. The Kier molecular flexibility index (Phi) is 8.86. The van der Waals surface area contributed by atoms with E-state index in [1.807, 2.05) is 68.4 Å². The topological polar surface area (TPSA) is 87.7 Å². The van der Waals surface area contributed by atoms with Gasteiger partial charge in [0.2, 0.25) is 0 Å². The molecule has 0 saturated carbocycles. The van der Waals surface area contributed by atoms with E-state index in [1.54, 1.807) is 29.2 Å². The van der Waals surface area contributed by atoms with Crippen LogP contribution in [0.15, 0.2) is 78.9 Å². The molecule has 0 unspecified atom stereocenters. The van der Waals surface area contributed by atoms with Crippen LogP contribution in [-0.2, 0) is 14.3 Å². The van der Waals surface area contributed by atoms with Crippen LogP contribution in [0, 0.1) is 0 Å². The van der Waals surface area contributed by atoms with E-state index in [-0.39, 0.29) is 22.5 Å². The molecule has 8 heteroatoms. The van der Waals surface area contributed by atoms with Crippen LogP contribution in [0.4, 0.5) is 17.1 Å². The van der Waals surface area contributed by atoms with Crippen LogP contribution in [0.5, 0.6) is 0 Å². The molecular weight excluding hydrogens is 466 g/mol. The second-order valence-electron chi connectivity index (χ2n) is 8.18. The molecule has 3 aromatic rings. The van der Waals surface area contributed by atoms with E-state index in [4.69, 9.17) is 16.3 Å². The van der Waals surface area contributed by atoms with Crippen molar-refractivity contribution in [3.05, 3.63) is 89.4 Å². The number of esters is 1. The van der Waals surface area contributed by atoms with Gasteiger partial charge in [0.05, 0.1) is 10.6 Å². The summed E-state index contributed by atoms with van der Waals surface area (Å²) in [6.07, 6.45) is 0. The minimum absolute atomic E-state index is 0.161. The summed E-state index contributed by atoms with van der Waals surface area (Å²) in [4.78, 5) is 39.2. The van der Waals surface area contributed by atoms with Gasteiger partial charge in [-0.2, -0.15) is 0 Å². The molecule has 0 aliphatic heterocycles. The van der Waals surface area contributed by atoms with Crippen molar-refractivity contribution in [2.45, 2.75) is 32.9 Å². The minimum atomic E-state index is -0.956. The summed E-state index contributed by atoms with van der Waals surface area (Å²) in [6, 6.07) is 22.6. The molecule has 1 atom stereocenters. The number of ether oxygens (including phenoxy) is 1. The van der Waals surface area contributed by atoms with E-state index < -0.39 is 24.5 Å². The third-order valence-electron chi connectivity index (χ3n) is 5.15. The Morgan fingerprint density at radius 2 is 1.46 bits per heavy atom. The van der Waals surface area contributed by atoms with Crippen molar-refractivity contribution in [2.24, 2.45) is 0 Å². The molecule has 2 N–H and O–H groups in total. The Balaban J connectivity index is 1.57. The molecule has 182 valence electrons. The summed E-state index contributed by atoms with van der Waals surface area (Å²) < 4.78 is 5.20. The van der Waals surface area contributed by atoms with E-state index in [2.05, 4.69) is 10.6 Å². The van der Waals surface area contributed by atoms with Crippen molar-refractivity contribution in [3.63, 3.8) is 0 Å². The SMILES string of the molecule is CC(C)N(C(=O)COC(=O)[C@H](C)NC(=O)c1ccccc1Cl)c1ccc(Nc2ccccc2)cc1. The predicted octanol–water partition coefficient (Wildman–Crippen LogP) is 5.19. The van der Waals surface area contributed by atoms with E-state index in [1.165, 1.54) is 6.92 Å². The predicted molar refractivity (Wildman–Crippen MR) is 138 cm³/mol. The lowest BCUT2D eigenvalue weighted by molar-refractivity contribution is -0.149. The van der Waals surface area contributed by atoms with Crippen molar-refractivity contribution in [2.75, 3.05) is 16.8 Å². The molecular formula is C27H28ClN3O4. The van der Waals surface area contributed by atoms with Crippen LogP contribution in [-0.4, -0.2) is 36.5 Å². The molecule has 0 aromatic heterocycles. The Morgan fingerprint density at radius 3 is 2.09 bits per heavy atom. The lowest BCUT2D eigenvalue weighted by Crippen LogP contribution is -2.43. The van der Waals surface area contributed by atoms with Gasteiger partial charge in [-0.25, -0.2) is 4.79 Å². The highest BCUT2D eigenvalue weighted by Crippen LogP contribution is 2.23. The Labute approximate surface area is 210 Å². The van der Waals surface area contributed by atoms with Gasteiger partial charge in [-0.15, -0.1) is 0 Å². The van der Waals surface area contributed by atoms with Crippen molar-refractivity contribution in [3.8, 4) is 0 Å². The number of nitrogens with one attached hydrogen (secondary N) is 2. The molecule has 7 nitrogen and oxygen atoms in total. The standard InChI is InChI=1S/C27H28ClN3O4/c1-18(2)31(22-15-13-21(14-16-22)30-20-9-5-4-6-10-20)25(32)17-35-27(34)19(3)29-26(33)23-11-7-8-12-24(23)28/h4-16,18-19,30H,17H2,1-3H3,(H,29,33)/t19-/m0/s1. The third-order valence-corrected chi connectivity index (χ3v) is 5.48. The zero-order valence-electron chi connectivity index (χ0n) is 19.8. The fraction of sp³-hybridized carbons (Fsp3) is 0.222. The van der Waals surface area contributed by atoms with Gasteiger partial charge in [-0.3, -0.25) is 9.59 Å². The zero-order chi connectivity index (χ0) is 25.4. The summed E-state index contributed by atoms with van der Waals surface area (Å²) in [5.41, 5.74) is 2.77. The number of hydrogen-bond donors (Lipinski definition) is 2. The fourth-order valence-corrected chi connectivity index (χ4v) is 3.65. The van der Waals surface area contributed by atoms with Gasteiger partial charge in [-0.05, 0) is 69.3 Å². The monoisotopic (exact) mass is 493 g/mol. The highest BCUT2D eigenvalue weighted by molar-refractivity contribution is 6.33. The van der Waals surface area contributed by atoms with Gasteiger partial charge >= 0.3 is 5.97 Å². The van der Waals surface area contributed by atoms with Crippen LogP contribution < -0.4 is 15.5 Å². The molecule has 0 fully saturated rings. The number of rotatable bonds is 9. The molecule has 0 spiro atoms. The van der Waals surface area contributed by atoms with Crippen molar-refractivity contribution in [1.82, 2.24) is 5.32 Å². The number of halogens is 1. The fourth-order valence-electron chi connectivity index (χ4n) is 3.43. The largest absolute Gasteiger partial charge is 0.454 e. The molecule has 0 aliphatic rings. The first-order chi connectivity index (χ1) is 16.8. The summed E-state index contributed by atoms with van der Waals surface area (Å²) in [5.74, 6) is -1.59. The average Bonchev–Trinajstić information content (AvgIpc) is 2.84. The van der Waals surface area contributed by atoms with E-state index in [0.29, 0.717) is 5.69 Å². The first-order valence-electron chi connectivity index (χ1n) is 11.2. The highest BCUT2D eigenvalue weighted by Gasteiger charge is 2.24. The van der Waals surface area contributed by atoms with Gasteiger partial charge in [0.1, 0.15) is 6.04 Å². The summed E-state index contributed by atoms with van der Waals surface area (Å²) >= 11 is 6.03. The van der Waals surface area contributed by atoms with Crippen LogP contribution >= 0.6 is 11.6 Å². The van der Waals surface area contributed by atoms with Crippen molar-refractivity contribution >= 4 is 46.4 Å². The number of para-hydroxylation sites is 1. The molecule has 3 rings (SSSR count). The number of amides is 2. The van der Waals surface area contributed by atoms with Gasteiger partial charge in [0.25, 0.3) is 11.8 Å². The summed E-state index contributed by atoms with van der Waals surface area (Å²) in [6.45, 7) is 4.79. The maximum Gasteiger partial charge on any atom is 0.328 e. The zero-order valence-corrected chi connectivity index (χ0v) is 20.6. The lowest BCUT2D eigenvalue weighted by atomic mass is 10.2. The maximum atomic E-state index is 12.9. The number of hydrogen-bond acceptors (Lipinski definition) is 5. The van der Waals surface area contributed by atoms with Crippen LogP contribution in [0.1, 0.15) is 31.1 Å². The van der Waals surface area contributed by atoms with E-state index in [9.17, 15) is 14.4 Å². The Hall–Kier alpha value is -3.84. The van der Waals surface area contributed by atoms with E-state index in [0.717, 1.165) is 11.4 Å². The van der Waals surface area contributed by atoms with Crippen molar-refractivity contribution in [1.29, 1.82) is 0 Å². The number of carbonyl (C=O) groups is 3. The lowest BCUT2D eigenvalue weighted by Gasteiger charge is -2.27. The summed E-state index contributed by atoms with van der Waals surface area (Å²) in [7, 11) is 0. The molecule has 0 bridgehead atoms. The Bertz CT molecular complexity index is 1170. The van der Waals surface area contributed by atoms with Gasteiger partial charge in [0, 0.05) is 23.1 Å². The van der Waals surface area contributed by atoms with Crippen LogP contribution in [0.2, 0.25) is 5.02 Å². The quantitative estimate of drug-likeness (QED) is 0.401. The first kappa shape index (κ1) is 25.8. The second-order valence-corrected chi connectivity index (χ2v) is 8.59.